The number of nitrogens with two attached hydrogens (primary N) is 2. The van der Waals surface area contributed by atoms with Crippen LogP contribution in [-0.2, 0) is 6.42 Å². The van der Waals surface area contributed by atoms with E-state index in [2.05, 4.69) is 0 Å². The number of hydrogen-bond acceptors (Lipinski definition) is 3. The Kier molecular flexibility index (Phi) is 4.88. The Morgan fingerprint density at radius 2 is 2.00 bits per heavy atom. The van der Waals surface area contributed by atoms with Crippen LogP contribution >= 0.6 is 11.6 Å². The molecule has 0 aliphatic carbocycles. The summed E-state index contributed by atoms with van der Waals surface area (Å²) in [4.78, 5) is 0. The van der Waals surface area contributed by atoms with Gasteiger partial charge in [0.1, 0.15) is 5.75 Å². The molecule has 0 bridgehead atoms. The Labute approximate surface area is 95.4 Å². The first-order valence-corrected chi connectivity index (χ1v) is 5.31. The van der Waals surface area contributed by atoms with Crippen molar-refractivity contribution >= 4 is 11.6 Å². The molecular formula is C11H17ClN2O. The highest BCUT2D eigenvalue weighted by molar-refractivity contribution is 6.31. The number of hydrogen-bond donors (Lipinski definition) is 2. The second-order valence-corrected chi connectivity index (χ2v) is 3.91. The Balaban J connectivity index is 2.77. The number of benzene rings is 1. The van der Waals surface area contributed by atoms with E-state index in [0.29, 0.717) is 18.1 Å². The summed E-state index contributed by atoms with van der Waals surface area (Å²) in [7, 11) is 1.62. The summed E-state index contributed by atoms with van der Waals surface area (Å²) in [6, 6.07) is 5.66. The molecule has 0 aromatic heterocycles. The van der Waals surface area contributed by atoms with Crippen LogP contribution in [0.25, 0.3) is 0 Å². The molecule has 0 heterocycles. The van der Waals surface area contributed by atoms with E-state index in [1.54, 1.807) is 13.2 Å². The minimum atomic E-state index is 0.288. The van der Waals surface area contributed by atoms with E-state index in [4.69, 9.17) is 27.8 Å². The zero-order valence-corrected chi connectivity index (χ0v) is 9.63. The number of rotatable bonds is 5. The molecule has 15 heavy (non-hydrogen) atoms. The quantitative estimate of drug-likeness (QED) is 0.802. The zero-order chi connectivity index (χ0) is 11.3. The lowest BCUT2D eigenvalue weighted by molar-refractivity contribution is 0.414. The van der Waals surface area contributed by atoms with Crippen molar-refractivity contribution in [1.82, 2.24) is 0 Å². The van der Waals surface area contributed by atoms with Crippen LogP contribution in [0.3, 0.4) is 0 Å². The van der Waals surface area contributed by atoms with E-state index in [-0.39, 0.29) is 5.92 Å². The molecule has 0 saturated carbocycles. The highest BCUT2D eigenvalue weighted by atomic mass is 35.5. The van der Waals surface area contributed by atoms with Crippen molar-refractivity contribution in [1.29, 1.82) is 0 Å². The van der Waals surface area contributed by atoms with Crippen molar-refractivity contribution in [2.75, 3.05) is 20.2 Å². The molecule has 1 rings (SSSR count). The van der Waals surface area contributed by atoms with Gasteiger partial charge in [0.25, 0.3) is 0 Å². The topological polar surface area (TPSA) is 61.3 Å². The fourth-order valence-electron chi connectivity index (χ4n) is 1.39. The zero-order valence-electron chi connectivity index (χ0n) is 8.87. The summed E-state index contributed by atoms with van der Waals surface area (Å²) >= 11 is 6.10. The lowest BCUT2D eigenvalue weighted by Crippen LogP contribution is -2.25. The van der Waals surface area contributed by atoms with Gasteiger partial charge < -0.3 is 16.2 Å². The molecular weight excluding hydrogens is 212 g/mol. The third kappa shape index (κ3) is 3.38. The molecule has 84 valence electrons. The maximum atomic E-state index is 6.10. The summed E-state index contributed by atoms with van der Waals surface area (Å²) in [6.07, 6.45) is 0.815. The van der Waals surface area contributed by atoms with Crippen LogP contribution in [-0.4, -0.2) is 20.2 Å². The van der Waals surface area contributed by atoms with Crippen LogP contribution in [0.5, 0.6) is 5.75 Å². The first-order valence-electron chi connectivity index (χ1n) is 4.93. The summed E-state index contributed by atoms with van der Waals surface area (Å²) in [6.45, 7) is 1.16. The van der Waals surface area contributed by atoms with Crippen LogP contribution in [0.15, 0.2) is 18.2 Å². The molecule has 0 atom stereocenters. The first kappa shape index (κ1) is 12.3. The maximum Gasteiger partial charge on any atom is 0.120 e. The van der Waals surface area contributed by atoms with Gasteiger partial charge in [-0.25, -0.2) is 0 Å². The molecule has 0 fully saturated rings. The average molecular weight is 229 g/mol. The highest BCUT2D eigenvalue weighted by Crippen LogP contribution is 2.24. The Morgan fingerprint density at radius 3 is 2.47 bits per heavy atom. The van der Waals surface area contributed by atoms with Gasteiger partial charge in [-0.05, 0) is 43.1 Å². The Morgan fingerprint density at radius 1 is 1.33 bits per heavy atom. The van der Waals surface area contributed by atoms with Crippen LogP contribution in [0, 0.1) is 5.92 Å². The molecule has 1 aromatic rings. The first-order chi connectivity index (χ1) is 7.21. The summed E-state index contributed by atoms with van der Waals surface area (Å²) in [5.74, 6) is 1.05. The fourth-order valence-corrected chi connectivity index (χ4v) is 1.64. The third-order valence-corrected chi connectivity index (χ3v) is 2.79. The SMILES string of the molecule is COc1ccc(CC(CN)CN)c(Cl)c1. The van der Waals surface area contributed by atoms with Crippen molar-refractivity contribution in [3.8, 4) is 5.75 Å². The van der Waals surface area contributed by atoms with E-state index < -0.39 is 0 Å². The third-order valence-electron chi connectivity index (χ3n) is 2.44. The van der Waals surface area contributed by atoms with E-state index in [1.165, 1.54) is 0 Å². The van der Waals surface area contributed by atoms with Crippen LogP contribution < -0.4 is 16.2 Å². The van der Waals surface area contributed by atoms with E-state index in [0.717, 1.165) is 17.7 Å². The van der Waals surface area contributed by atoms with Gasteiger partial charge in [-0.15, -0.1) is 0 Å². The largest absolute Gasteiger partial charge is 0.497 e. The molecule has 0 aliphatic heterocycles. The second kappa shape index (κ2) is 5.95. The summed E-state index contributed by atoms with van der Waals surface area (Å²) < 4.78 is 5.07. The minimum absolute atomic E-state index is 0.288. The van der Waals surface area contributed by atoms with Gasteiger partial charge in [0.2, 0.25) is 0 Å². The number of methoxy groups -OCH3 is 1. The lowest BCUT2D eigenvalue weighted by atomic mass is 9.99. The molecule has 0 unspecified atom stereocenters. The monoisotopic (exact) mass is 228 g/mol. The summed E-state index contributed by atoms with van der Waals surface area (Å²) in [5.41, 5.74) is 12.2. The van der Waals surface area contributed by atoms with Gasteiger partial charge in [0.15, 0.2) is 0 Å². The molecule has 3 nitrogen and oxygen atoms in total. The van der Waals surface area contributed by atoms with Crippen molar-refractivity contribution in [2.24, 2.45) is 17.4 Å². The molecule has 0 amide bonds. The molecule has 4 N–H and O–H groups in total. The van der Waals surface area contributed by atoms with Gasteiger partial charge in [-0.1, -0.05) is 17.7 Å². The fraction of sp³-hybridized carbons (Fsp3) is 0.455. The Hall–Kier alpha value is -0.770. The van der Waals surface area contributed by atoms with Gasteiger partial charge in [0, 0.05) is 5.02 Å². The van der Waals surface area contributed by atoms with Gasteiger partial charge in [-0.2, -0.15) is 0 Å². The molecule has 1 aromatic carbocycles. The number of ether oxygens (including phenoxy) is 1. The second-order valence-electron chi connectivity index (χ2n) is 3.50. The van der Waals surface area contributed by atoms with Gasteiger partial charge in [0.05, 0.1) is 7.11 Å². The smallest absolute Gasteiger partial charge is 0.120 e. The maximum absolute atomic E-state index is 6.10. The molecule has 4 heteroatoms. The van der Waals surface area contributed by atoms with Crippen molar-refractivity contribution in [3.63, 3.8) is 0 Å². The molecule has 0 saturated heterocycles. The lowest BCUT2D eigenvalue weighted by Gasteiger charge is -2.13. The van der Waals surface area contributed by atoms with E-state index >= 15 is 0 Å². The standard InChI is InChI=1S/C11H17ClN2O/c1-15-10-3-2-9(11(12)5-10)4-8(6-13)7-14/h2-3,5,8H,4,6-7,13-14H2,1H3. The predicted octanol–water partition coefficient (Wildman–Crippen LogP) is 1.42. The predicted molar refractivity (Wildman–Crippen MR) is 63.3 cm³/mol. The van der Waals surface area contributed by atoms with Crippen molar-refractivity contribution in [2.45, 2.75) is 6.42 Å². The van der Waals surface area contributed by atoms with E-state index in [9.17, 15) is 0 Å². The highest BCUT2D eigenvalue weighted by Gasteiger charge is 2.09. The van der Waals surface area contributed by atoms with E-state index in [1.807, 2.05) is 12.1 Å². The Bertz CT molecular complexity index is 313. The normalized spacial score (nSPS) is 10.7. The minimum Gasteiger partial charge on any atom is -0.497 e. The van der Waals surface area contributed by atoms with Gasteiger partial charge in [-0.3, -0.25) is 0 Å². The van der Waals surface area contributed by atoms with Crippen LogP contribution in [0.2, 0.25) is 5.02 Å². The molecule has 0 spiro atoms. The molecule has 0 radical (unpaired) electrons. The van der Waals surface area contributed by atoms with Crippen LogP contribution in [0.4, 0.5) is 0 Å². The average Bonchev–Trinajstić information content (AvgIpc) is 2.27. The van der Waals surface area contributed by atoms with Gasteiger partial charge >= 0.3 is 0 Å². The van der Waals surface area contributed by atoms with Crippen LogP contribution in [0.1, 0.15) is 5.56 Å². The van der Waals surface area contributed by atoms with Crippen molar-refractivity contribution in [3.05, 3.63) is 28.8 Å². The van der Waals surface area contributed by atoms with Crippen molar-refractivity contribution < 1.29 is 4.74 Å². The summed E-state index contributed by atoms with van der Waals surface area (Å²) in [5, 5.41) is 0.709. The number of halogens is 1. The molecule has 0 aliphatic rings.